The van der Waals surface area contributed by atoms with Gasteiger partial charge in [-0.2, -0.15) is 5.26 Å². The third kappa shape index (κ3) is 3.18. The fraction of sp³-hybridized carbons (Fsp3) is 0.133. The highest BCUT2D eigenvalue weighted by Gasteiger charge is 2.12. The van der Waals surface area contributed by atoms with Crippen LogP contribution >= 0.6 is 11.6 Å². The number of methoxy groups -OCH3 is 1. The van der Waals surface area contributed by atoms with Crippen molar-refractivity contribution in [1.29, 1.82) is 5.26 Å². The van der Waals surface area contributed by atoms with Crippen LogP contribution in [0.25, 0.3) is 0 Å². The van der Waals surface area contributed by atoms with Crippen molar-refractivity contribution in [2.24, 2.45) is 0 Å². The molecule has 0 saturated heterocycles. The summed E-state index contributed by atoms with van der Waals surface area (Å²) in [7, 11) is 1.60. The first-order valence-electron chi connectivity index (χ1n) is 5.79. The zero-order valence-electron chi connectivity index (χ0n) is 10.4. The number of halogens is 1. The van der Waals surface area contributed by atoms with E-state index in [0.717, 1.165) is 11.3 Å². The average molecular weight is 273 g/mol. The molecule has 4 heteroatoms. The SMILES string of the molecule is COc1ccccc1NC(C#N)c1cccc(Cl)c1. The molecule has 1 unspecified atom stereocenters. The number of hydrogen-bond acceptors (Lipinski definition) is 3. The summed E-state index contributed by atoms with van der Waals surface area (Å²) >= 11 is 5.95. The van der Waals surface area contributed by atoms with E-state index in [1.807, 2.05) is 36.4 Å². The summed E-state index contributed by atoms with van der Waals surface area (Å²) in [6.45, 7) is 0. The highest BCUT2D eigenvalue weighted by Crippen LogP contribution is 2.28. The lowest BCUT2D eigenvalue weighted by molar-refractivity contribution is 0.416. The Morgan fingerprint density at radius 2 is 2.00 bits per heavy atom. The molecule has 0 saturated carbocycles. The largest absolute Gasteiger partial charge is 0.495 e. The minimum absolute atomic E-state index is 0.477. The summed E-state index contributed by atoms with van der Waals surface area (Å²) in [5.74, 6) is 0.699. The second-order valence-electron chi connectivity index (χ2n) is 3.96. The van der Waals surface area contributed by atoms with Crippen LogP contribution in [-0.2, 0) is 0 Å². The Morgan fingerprint density at radius 3 is 2.68 bits per heavy atom. The summed E-state index contributed by atoms with van der Waals surface area (Å²) in [4.78, 5) is 0. The Kier molecular flexibility index (Phi) is 4.27. The van der Waals surface area contributed by atoms with Gasteiger partial charge in [-0.25, -0.2) is 0 Å². The van der Waals surface area contributed by atoms with Gasteiger partial charge in [0.2, 0.25) is 0 Å². The van der Waals surface area contributed by atoms with Crippen molar-refractivity contribution < 1.29 is 4.74 Å². The summed E-state index contributed by atoms with van der Waals surface area (Å²) in [5.41, 5.74) is 1.59. The third-order valence-corrected chi connectivity index (χ3v) is 2.95. The Labute approximate surface area is 117 Å². The molecule has 0 radical (unpaired) electrons. The summed E-state index contributed by atoms with van der Waals surface area (Å²) < 4.78 is 5.25. The molecule has 0 aliphatic carbocycles. The second kappa shape index (κ2) is 6.12. The number of anilines is 1. The molecule has 96 valence electrons. The van der Waals surface area contributed by atoms with E-state index in [4.69, 9.17) is 16.3 Å². The number of nitrogens with one attached hydrogen (secondary N) is 1. The van der Waals surface area contributed by atoms with Crippen LogP contribution in [-0.4, -0.2) is 7.11 Å². The van der Waals surface area contributed by atoms with Gasteiger partial charge in [-0.3, -0.25) is 0 Å². The van der Waals surface area contributed by atoms with Crippen LogP contribution in [0.3, 0.4) is 0 Å². The van der Waals surface area contributed by atoms with Crippen molar-refractivity contribution in [3.05, 3.63) is 59.1 Å². The van der Waals surface area contributed by atoms with E-state index in [2.05, 4.69) is 11.4 Å². The number of rotatable bonds is 4. The van der Waals surface area contributed by atoms with E-state index in [-0.39, 0.29) is 0 Å². The van der Waals surface area contributed by atoms with Gasteiger partial charge in [0.05, 0.1) is 18.9 Å². The van der Waals surface area contributed by atoms with Crippen LogP contribution in [0.5, 0.6) is 5.75 Å². The van der Waals surface area contributed by atoms with Gasteiger partial charge >= 0.3 is 0 Å². The highest BCUT2D eigenvalue weighted by molar-refractivity contribution is 6.30. The van der Waals surface area contributed by atoms with Crippen LogP contribution in [0.15, 0.2) is 48.5 Å². The Bertz CT molecular complexity index is 607. The van der Waals surface area contributed by atoms with Gasteiger partial charge < -0.3 is 10.1 Å². The lowest BCUT2D eigenvalue weighted by atomic mass is 10.1. The molecule has 2 aromatic rings. The quantitative estimate of drug-likeness (QED) is 0.914. The number of ether oxygens (including phenoxy) is 1. The van der Waals surface area contributed by atoms with E-state index in [1.165, 1.54) is 0 Å². The van der Waals surface area contributed by atoms with E-state index in [1.54, 1.807) is 19.2 Å². The molecule has 1 atom stereocenters. The maximum atomic E-state index is 9.30. The number of benzene rings is 2. The lowest BCUT2D eigenvalue weighted by Gasteiger charge is -2.16. The van der Waals surface area contributed by atoms with Gasteiger partial charge in [-0.15, -0.1) is 0 Å². The molecule has 19 heavy (non-hydrogen) atoms. The van der Waals surface area contributed by atoms with Crippen molar-refractivity contribution in [3.8, 4) is 11.8 Å². The van der Waals surface area contributed by atoms with Crippen LogP contribution in [0, 0.1) is 11.3 Å². The molecule has 1 N–H and O–H groups in total. The first-order valence-corrected chi connectivity index (χ1v) is 6.17. The Hall–Kier alpha value is -2.18. The first kappa shape index (κ1) is 13.3. The molecule has 2 aromatic carbocycles. The molecular weight excluding hydrogens is 260 g/mol. The van der Waals surface area contributed by atoms with Crippen LogP contribution in [0.4, 0.5) is 5.69 Å². The van der Waals surface area contributed by atoms with Crippen molar-refractivity contribution in [3.63, 3.8) is 0 Å². The van der Waals surface area contributed by atoms with Crippen LogP contribution in [0.1, 0.15) is 11.6 Å². The molecule has 0 amide bonds. The van der Waals surface area contributed by atoms with Crippen molar-refractivity contribution in [1.82, 2.24) is 0 Å². The van der Waals surface area contributed by atoms with E-state index in [0.29, 0.717) is 10.8 Å². The lowest BCUT2D eigenvalue weighted by Crippen LogP contribution is -2.09. The summed E-state index contributed by atoms with van der Waals surface area (Å²) in [6, 6.07) is 16.5. The number of hydrogen-bond donors (Lipinski definition) is 1. The molecule has 0 fully saturated rings. The second-order valence-corrected chi connectivity index (χ2v) is 4.40. The molecular formula is C15H13ClN2O. The zero-order chi connectivity index (χ0) is 13.7. The summed E-state index contributed by atoms with van der Waals surface area (Å²) in [5, 5.41) is 13.1. The van der Waals surface area contributed by atoms with Crippen LogP contribution < -0.4 is 10.1 Å². The molecule has 0 aliphatic heterocycles. The topological polar surface area (TPSA) is 45.0 Å². The molecule has 0 heterocycles. The molecule has 0 aromatic heterocycles. The van der Waals surface area contributed by atoms with E-state index in [9.17, 15) is 5.26 Å². The van der Waals surface area contributed by atoms with E-state index >= 15 is 0 Å². The molecule has 0 aliphatic rings. The predicted molar refractivity (Wildman–Crippen MR) is 76.4 cm³/mol. The molecule has 0 spiro atoms. The zero-order valence-corrected chi connectivity index (χ0v) is 11.2. The number of para-hydroxylation sites is 2. The van der Waals surface area contributed by atoms with Gasteiger partial charge in [0.25, 0.3) is 0 Å². The normalized spacial score (nSPS) is 11.4. The number of nitriles is 1. The summed E-state index contributed by atoms with van der Waals surface area (Å²) in [6.07, 6.45) is 0. The minimum atomic E-state index is -0.477. The van der Waals surface area contributed by atoms with E-state index < -0.39 is 6.04 Å². The first-order chi connectivity index (χ1) is 9.24. The van der Waals surface area contributed by atoms with Crippen LogP contribution in [0.2, 0.25) is 5.02 Å². The average Bonchev–Trinajstić information content (AvgIpc) is 2.45. The van der Waals surface area contributed by atoms with Gasteiger partial charge in [-0.05, 0) is 29.8 Å². The molecule has 0 bridgehead atoms. The van der Waals surface area contributed by atoms with Gasteiger partial charge in [-0.1, -0.05) is 35.9 Å². The third-order valence-electron chi connectivity index (χ3n) is 2.72. The highest BCUT2D eigenvalue weighted by atomic mass is 35.5. The monoisotopic (exact) mass is 272 g/mol. The van der Waals surface area contributed by atoms with Gasteiger partial charge in [0.1, 0.15) is 11.8 Å². The fourth-order valence-corrected chi connectivity index (χ4v) is 1.99. The fourth-order valence-electron chi connectivity index (χ4n) is 1.80. The van der Waals surface area contributed by atoms with Gasteiger partial charge in [0, 0.05) is 5.02 Å². The van der Waals surface area contributed by atoms with Crippen molar-refractivity contribution >= 4 is 17.3 Å². The molecule has 2 rings (SSSR count). The Balaban J connectivity index is 2.27. The minimum Gasteiger partial charge on any atom is -0.495 e. The standard InChI is InChI=1S/C15H13ClN2O/c1-19-15-8-3-2-7-13(15)18-14(10-17)11-5-4-6-12(16)9-11/h2-9,14,18H,1H3. The smallest absolute Gasteiger partial charge is 0.141 e. The predicted octanol–water partition coefficient (Wildman–Crippen LogP) is 4.03. The maximum absolute atomic E-state index is 9.30. The van der Waals surface area contributed by atoms with Crippen molar-refractivity contribution in [2.75, 3.05) is 12.4 Å². The molecule has 3 nitrogen and oxygen atoms in total. The number of nitrogens with zero attached hydrogens (tertiary/aromatic N) is 1. The van der Waals surface area contributed by atoms with Crippen molar-refractivity contribution in [2.45, 2.75) is 6.04 Å². The maximum Gasteiger partial charge on any atom is 0.141 e. The van der Waals surface area contributed by atoms with Gasteiger partial charge in [0.15, 0.2) is 0 Å². The Morgan fingerprint density at radius 1 is 1.21 bits per heavy atom.